The number of hydrogen-bond donors (Lipinski definition) is 1. The fourth-order valence-electron chi connectivity index (χ4n) is 4.29. The molecule has 0 saturated carbocycles. The van der Waals surface area contributed by atoms with Gasteiger partial charge in [-0.25, -0.2) is 4.79 Å². The van der Waals surface area contributed by atoms with E-state index >= 15 is 0 Å². The molecule has 7 nitrogen and oxygen atoms in total. The minimum Gasteiger partial charge on any atom is -0.368 e. The second-order valence-electron chi connectivity index (χ2n) is 7.27. The summed E-state index contributed by atoms with van der Waals surface area (Å²) < 4.78 is 0.944. The van der Waals surface area contributed by atoms with Gasteiger partial charge in [0.05, 0.1) is 0 Å². The molecular weight excluding hydrogens is 342 g/mol. The molecule has 1 aromatic carbocycles. The van der Waals surface area contributed by atoms with Crippen LogP contribution >= 0.6 is 0 Å². The number of piperidine rings is 1. The monoisotopic (exact) mass is 365 g/mol. The average Bonchev–Trinajstić information content (AvgIpc) is 2.71. The Bertz CT molecular complexity index is 1010. The molecule has 0 spiro atoms. The first-order valence-corrected chi connectivity index (χ1v) is 9.43. The van der Waals surface area contributed by atoms with E-state index < -0.39 is 11.2 Å². The van der Waals surface area contributed by atoms with E-state index in [1.54, 1.807) is 0 Å². The Kier molecular flexibility index (Phi) is 4.48. The summed E-state index contributed by atoms with van der Waals surface area (Å²) in [6.45, 7) is 2.48. The standard InChI is InChI=1S/C20H23N5O2/c1-23-19(26)16(13-21)18(22-20(23)27)24-11-8-15(9-12-24)25-10-4-6-14-5-2-3-7-17(14)25/h2-3,5,7,15H,4,6,8-12H2,1H3,(H,22,27). The largest absolute Gasteiger partial charge is 0.368 e. The summed E-state index contributed by atoms with van der Waals surface area (Å²) in [6, 6.07) is 11.0. The number of para-hydroxylation sites is 1. The molecule has 2 aliphatic rings. The molecule has 0 amide bonds. The Morgan fingerprint density at radius 2 is 1.89 bits per heavy atom. The fraction of sp³-hybridized carbons (Fsp3) is 0.450. The SMILES string of the molecule is Cn1c(=O)[nH]c(N2CCC(N3CCCc4ccccc43)CC2)c(C#N)c1=O. The van der Waals surface area contributed by atoms with Crippen LogP contribution in [-0.2, 0) is 13.5 Å². The van der Waals surface area contributed by atoms with Crippen molar-refractivity contribution in [2.24, 2.45) is 7.05 Å². The average molecular weight is 365 g/mol. The Morgan fingerprint density at radius 1 is 1.15 bits per heavy atom. The number of H-pyrrole nitrogens is 1. The highest BCUT2D eigenvalue weighted by molar-refractivity contribution is 5.57. The van der Waals surface area contributed by atoms with E-state index in [1.807, 2.05) is 11.0 Å². The minimum absolute atomic E-state index is 0.0128. The first-order chi connectivity index (χ1) is 13.1. The topological polar surface area (TPSA) is 85.1 Å². The molecule has 4 rings (SSSR count). The number of rotatable bonds is 2. The summed E-state index contributed by atoms with van der Waals surface area (Å²) in [6.07, 6.45) is 4.15. The summed E-state index contributed by atoms with van der Waals surface area (Å²) in [7, 11) is 1.38. The molecule has 27 heavy (non-hydrogen) atoms. The summed E-state index contributed by atoms with van der Waals surface area (Å²) in [5.41, 5.74) is 1.74. The van der Waals surface area contributed by atoms with Crippen LogP contribution in [0.1, 0.15) is 30.4 Å². The van der Waals surface area contributed by atoms with Gasteiger partial charge in [0.1, 0.15) is 11.9 Å². The second-order valence-corrected chi connectivity index (χ2v) is 7.27. The van der Waals surface area contributed by atoms with Crippen LogP contribution in [0.5, 0.6) is 0 Å². The summed E-state index contributed by atoms with van der Waals surface area (Å²) >= 11 is 0. The molecule has 140 valence electrons. The molecule has 2 aromatic rings. The Morgan fingerprint density at radius 3 is 2.63 bits per heavy atom. The molecule has 3 heterocycles. The first-order valence-electron chi connectivity index (χ1n) is 9.43. The smallest absolute Gasteiger partial charge is 0.329 e. The van der Waals surface area contributed by atoms with E-state index in [1.165, 1.54) is 18.3 Å². The van der Waals surface area contributed by atoms with Gasteiger partial charge in [-0.15, -0.1) is 0 Å². The maximum Gasteiger partial charge on any atom is 0.329 e. The molecule has 1 fully saturated rings. The van der Waals surface area contributed by atoms with Gasteiger partial charge in [0.2, 0.25) is 0 Å². The van der Waals surface area contributed by atoms with Crippen LogP contribution in [0.2, 0.25) is 0 Å². The molecule has 1 saturated heterocycles. The van der Waals surface area contributed by atoms with Crippen LogP contribution < -0.4 is 21.0 Å². The third kappa shape index (κ3) is 3.01. The lowest BCUT2D eigenvalue weighted by molar-refractivity contribution is 0.451. The van der Waals surface area contributed by atoms with E-state index in [2.05, 4.69) is 34.1 Å². The molecule has 0 atom stereocenters. The predicted octanol–water partition coefficient (Wildman–Crippen LogP) is 1.37. The van der Waals surface area contributed by atoms with Crippen LogP contribution in [0.3, 0.4) is 0 Å². The van der Waals surface area contributed by atoms with E-state index in [0.29, 0.717) is 24.9 Å². The highest BCUT2D eigenvalue weighted by Gasteiger charge is 2.29. The minimum atomic E-state index is -0.539. The molecule has 0 unspecified atom stereocenters. The molecular formula is C20H23N5O2. The van der Waals surface area contributed by atoms with Crippen LogP contribution in [0, 0.1) is 11.3 Å². The van der Waals surface area contributed by atoms with Gasteiger partial charge >= 0.3 is 5.69 Å². The van der Waals surface area contributed by atoms with Crippen LogP contribution in [0.25, 0.3) is 0 Å². The number of fused-ring (bicyclic) bond motifs is 1. The Hall–Kier alpha value is -3.01. The van der Waals surface area contributed by atoms with Gasteiger partial charge in [-0.1, -0.05) is 18.2 Å². The molecule has 0 aliphatic carbocycles. The molecule has 0 radical (unpaired) electrons. The first kappa shape index (κ1) is 17.4. The van der Waals surface area contributed by atoms with Gasteiger partial charge in [0.15, 0.2) is 5.56 Å². The number of benzene rings is 1. The van der Waals surface area contributed by atoms with Crippen molar-refractivity contribution in [3.63, 3.8) is 0 Å². The summed E-state index contributed by atoms with van der Waals surface area (Å²) in [5, 5.41) is 9.39. The van der Waals surface area contributed by atoms with E-state index in [0.717, 1.165) is 36.8 Å². The van der Waals surface area contributed by atoms with E-state index in [9.17, 15) is 14.9 Å². The zero-order chi connectivity index (χ0) is 19.0. The van der Waals surface area contributed by atoms with Crippen molar-refractivity contribution in [1.29, 1.82) is 5.26 Å². The van der Waals surface area contributed by atoms with Gasteiger partial charge < -0.3 is 9.80 Å². The van der Waals surface area contributed by atoms with E-state index in [-0.39, 0.29) is 5.56 Å². The van der Waals surface area contributed by atoms with Gasteiger partial charge in [-0.05, 0) is 37.3 Å². The van der Waals surface area contributed by atoms with Gasteiger partial charge in [0, 0.05) is 38.4 Å². The van der Waals surface area contributed by atoms with Crippen molar-refractivity contribution in [2.75, 3.05) is 29.4 Å². The predicted molar refractivity (Wildman–Crippen MR) is 104 cm³/mol. The highest BCUT2D eigenvalue weighted by atomic mass is 16.2. The van der Waals surface area contributed by atoms with Crippen molar-refractivity contribution in [1.82, 2.24) is 9.55 Å². The van der Waals surface area contributed by atoms with Gasteiger partial charge in [-0.2, -0.15) is 5.26 Å². The van der Waals surface area contributed by atoms with Crippen molar-refractivity contribution in [3.05, 3.63) is 56.2 Å². The zero-order valence-electron chi connectivity index (χ0n) is 15.4. The van der Waals surface area contributed by atoms with Gasteiger partial charge in [0.25, 0.3) is 5.56 Å². The third-order valence-electron chi connectivity index (χ3n) is 5.76. The van der Waals surface area contributed by atoms with Crippen molar-refractivity contribution >= 4 is 11.5 Å². The number of nitrogens with one attached hydrogen (secondary N) is 1. The number of nitrogens with zero attached hydrogens (tertiary/aromatic N) is 4. The van der Waals surface area contributed by atoms with E-state index in [4.69, 9.17) is 0 Å². The lowest BCUT2D eigenvalue weighted by Crippen LogP contribution is -2.48. The number of nitriles is 1. The van der Waals surface area contributed by atoms with Crippen LogP contribution in [0.15, 0.2) is 33.9 Å². The highest BCUT2D eigenvalue weighted by Crippen LogP contribution is 2.32. The zero-order valence-corrected chi connectivity index (χ0v) is 15.4. The second kappa shape index (κ2) is 6.95. The molecule has 1 N–H and O–H groups in total. The molecule has 0 bridgehead atoms. The lowest BCUT2D eigenvalue weighted by atomic mass is 9.96. The lowest BCUT2D eigenvalue weighted by Gasteiger charge is -2.42. The number of anilines is 2. The maximum atomic E-state index is 12.2. The molecule has 1 aromatic heterocycles. The summed E-state index contributed by atoms with van der Waals surface area (Å²) in [5.74, 6) is 0.364. The third-order valence-corrected chi connectivity index (χ3v) is 5.76. The van der Waals surface area contributed by atoms with Crippen molar-refractivity contribution < 1.29 is 0 Å². The summed E-state index contributed by atoms with van der Waals surface area (Å²) in [4.78, 5) is 31.4. The number of aromatic nitrogens is 2. The molecule has 2 aliphatic heterocycles. The quantitative estimate of drug-likeness (QED) is 0.869. The number of aromatic amines is 1. The fourth-order valence-corrected chi connectivity index (χ4v) is 4.29. The van der Waals surface area contributed by atoms with Crippen LogP contribution in [0.4, 0.5) is 11.5 Å². The Balaban J connectivity index is 1.55. The molecule has 7 heteroatoms. The normalized spacial score (nSPS) is 17.5. The Labute approximate surface area is 157 Å². The van der Waals surface area contributed by atoms with Gasteiger partial charge in [-0.3, -0.25) is 14.3 Å². The number of hydrogen-bond acceptors (Lipinski definition) is 5. The van der Waals surface area contributed by atoms with Crippen molar-refractivity contribution in [2.45, 2.75) is 31.7 Å². The van der Waals surface area contributed by atoms with Crippen LogP contribution in [-0.4, -0.2) is 35.2 Å². The number of aryl methyl sites for hydroxylation is 1. The maximum absolute atomic E-state index is 12.2. The van der Waals surface area contributed by atoms with Crippen molar-refractivity contribution in [3.8, 4) is 6.07 Å².